The van der Waals surface area contributed by atoms with Gasteiger partial charge in [-0.25, -0.2) is 12.8 Å². The number of rotatable bonds is 4. The van der Waals surface area contributed by atoms with E-state index in [0.717, 1.165) is 6.07 Å². The number of carbonyl (C=O) groups is 1. The molecule has 0 bridgehead atoms. The summed E-state index contributed by atoms with van der Waals surface area (Å²) in [6, 6.07) is 5.22. The Morgan fingerprint density at radius 2 is 2.16 bits per heavy atom. The lowest BCUT2D eigenvalue weighted by Crippen LogP contribution is -2.40. The number of benzene rings is 1. The molecule has 0 aromatic heterocycles. The molecule has 1 aromatic carbocycles. The van der Waals surface area contributed by atoms with Gasteiger partial charge < -0.3 is 10.8 Å². The van der Waals surface area contributed by atoms with Gasteiger partial charge in [0, 0.05) is 11.7 Å². The second kappa shape index (κ2) is 4.28. The minimum atomic E-state index is -3.62. The summed E-state index contributed by atoms with van der Waals surface area (Å²) in [5.74, 6) is -3.05. The van der Waals surface area contributed by atoms with Crippen LogP contribution in [0.1, 0.15) is 18.4 Å². The summed E-state index contributed by atoms with van der Waals surface area (Å²) in [5.41, 5.74) is 4.15. The number of aliphatic carboxylic acids is 1. The number of carboxylic acids is 1. The van der Waals surface area contributed by atoms with Crippen LogP contribution in [0.15, 0.2) is 24.3 Å². The molecule has 0 unspecified atom stereocenters. The van der Waals surface area contributed by atoms with E-state index in [1.54, 1.807) is 0 Å². The molecule has 1 aliphatic rings. The van der Waals surface area contributed by atoms with Crippen molar-refractivity contribution in [3.8, 4) is 0 Å². The third-order valence-electron chi connectivity index (χ3n) is 3.55. The molecular weight excluding hydrogens is 273 g/mol. The zero-order valence-corrected chi connectivity index (χ0v) is 11.0. The van der Waals surface area contributed by atoms with Crippen LogP contribution in [0, 0.1) is 5.82 Å². The predicted molar refractivity (Wildman–Crippen MR) is 66.9 cm³/mol. The van der Waals surface area contributed by atoms with E-state index in [-0.39, 0.29) is 5.75 Å². The van der Waals surface area contributed by atoms with E-state index >= 15 is 0 Å². The zero-order valence-electron chi connectivity index (χ0n) is 10.2. The van der Waals surface area contributed by atoms with E-state index in [9.17, 15) is 17.6 Å². The Bertz CT molecular complexity index is 630. The summed E-state index contributed by atoms with van der Waals surface area (Å²) in [6.07, 6.45) is 0. The van der Waals surface area contributed by atoms with Crippen molar-refractivity contribution in [3.05, 3.63) is 35.6 Å². The minimum absolute atomic E-state index is 0.199. The molecule has 0 amide bonds. The Balaban J connectivity index is 2.49. The molecule has 19 heavy (non-hydrogen) atoms. The normalized spacial score (nSPS) is 30.1. The van der Waals surface area contributed by atoms with Gasteiger partial charge in [-0.1, -0.05) is 19.1 Å². The van der Waals surface area contributed by atoms with Crippen LogP contribution in [-0.4, -0.2) is 36.0 Å². The highest BCUT2D eigenvalue weighted by atomic mass is 32.2. The van der Waals surface area contributed by atoms with Crippen LogP contribution >= 0.6 is 0 Å². The average molecular weight is 287 g/mol. The molecule has 1 aliphatic carbocycles. The molecule has 0 spiro atoms. The van der Waals surface area contributed by atoms with Gasteiger partial charge in [0.25, 0.3) is 0 Å². The molecule has 3 N–H and O–H groups in total. The van der Waals surface area contributed by atoms with Crippen LogP contribution in [0.5, 0.6) is 0 Å². The Labute approximate surface area is 110 Å². The van der Waals surface area contributed by atoms with Gasteiger partial charge in [0.05, 0.1) is 5.25 Å². The summed E-state index contributed by atoms with van der Waals surface area (Å²) in [6.45, 7) is 1.43. The Kier molecular flexibility index (Phi) is 3.14. The van der Waals surface area contributed by atoms with Crippen LogP contribution in [-0.2, 0) is 14.6 Å². The third kappa shape index (κ3) is 2.02. The van der Waals surface area contributed by atoms with Gasteiger partial charge in [-0.2, -0.15) is 0 Å². The van der Waals surface area contributed by atoms with E-state index in [1.807, 2.05) is 0 Å². The quantitative estimate of drug-likeness (QED) is 0.841. The second-order valence-electron chi connectivity index (χ2n) is 4.64. The SMILES string of the molecule is CCS(=O)(=O)[C@@H]1[C@@H](c2cccc(F)c2)[C@]1(N)C(=O)O. The predicted octanol–water partition coefficient (Wildman–Crippen LogP) is 0.508. The van der Waals surface area contributed by atoms with Crippen LogP contribution in [0.2, 0.25) is 0 Å². The Morgan fingerprint density at radius 3 is 2.63 bits per heavy atom. The third-order valence-corrected chi connectivity index (χ3v) is 5.79. The molecule has 2 rings (SSSR count). The van der Waals surface area contributed by atoms with Gasteiger partial charge >= 0.3 is 5.97 Å². The lowest BCUT2D eigenvalue weighted by Gasteiger charge is -2.05. The monoisotopic (exact) mass is 287 g/mol. The van der Waals surface area contributed by atoms with Crippen molar-refractivity contribution in [2.45, 2.75) is 23.6 Å². The number of sulfone groups is 1. The summed E-state index contributed by atoms with van der Waals surface area (Å²) in [7, 11) is -3.62. The fraction of sp³-hybridized carbons (Fsp3) is 0.417. The van der Waals surface area contributed by atoms with Gasteiger partial charge in [-0.15, -0.1) is 0 Å². The topological polar surface area (TPSA) is 97.5 Å². The fourth-order valence-electron chi connectivity index (χ4n) is 2.46. The van der Waals surface area contributed by atoms with E-state index in [4.69, 9.17) is 10.8 Å². The molecule has 104 valence electrons. The Morgan fingerprint density at radius 1 is 1.53 bits per heavy atom. The number of hydrogen-bond acceptors (Lipinski definition) is 4. The van der Waals surface area contributed by atoms with E-state index < -0.39 is 38.3 Å². The van der Waals surface area contributed by atoms with Gasteiger partial charge in [-0.3, -0.25) is 4.79 Å². The number of carboxylic acid groups (broad SMARTS) is 1. The highest BCUT2D eigenvalue weighted by Crippen LogP contribution is 2.54. The highest BCUT2D eigenvalue weighted by molar-refractivity contribution is 7.92. The number of halogens is 1. The maximum absolute atomic E-state index is 13.2. The first-order chi connectivity index (χ1) is 8.75. The summed E-state index contributed by atoms with van der Waals surface area (Å²) in [5, 5.41) is 7.96. The largest absolute Gasteiger partial charge is 0.480 e. The van der Waals surface area contributed by atoms with Gasteiger partial charge in [-0.05, 0) is 17.7 Å². The van der Waals surface area contributed by atoms with E-state index in [1.165, 1.54) is 25.1 Å². The molecule has 3 atom stereocenters. The average Bonchev–Trinajstić information content (AvgIpc) is 2.98. The van der Waals surface area contributed by atoms with Crippen molar-refractivity contribution < 1.29 is 22.7 Å². The first-order valence-electron chi connectivity index (χ1n) is 5.74. The standard InChI is InChI=1S/C12H14FNO4S/c1-2-19(17,18)10-9(12(10,14)11(15)16)7-4-3-5-8(13)6-7/h3-6,9-10H,2,14H2,1H3,(H,15,16)/t9-,10-,12-/m1/s1. The van der Waals surface area contributed by atoms with Gasteiger partial charge in [0.2, 0.25) is 0 Å². The van der Waals surface area contributed by atoms with Gasteiger partial charge in [0.15, 0.2) is 9.84 Å². The van der Waals surface area contributed by atoms with Crippen molar-refractivity contribution in [2.75, 3.05) is 5.75 Å². The molecule has 7 heteroatoms. The lowest BCUT2D eigenvalue weighted by molar-refractivity contribution is -0.139. The van der Waals surface area contributed by atoms with Crippen molar-refractivity contribution in [1.29, 1.82) is 0 Å². The van der Waals surface area contributed by atoms with Crippen molar-refractivity contribution in [3.63, 3.8) is 0 Å². The molecule has 1 saturated carbocycles. The molecule has 1 fully saturated rings. The van der Waals surface area contributed by atoms with E-state index in [0.29, 0.717) is 5.56 Å². The first-order valence-corrected chi connectivity index (χ1v) is 7.46. The number of hydrogen-bond donors (Lipinski definition) is 2. The van der Waals surface area contributed by atoms with Crippen molar-refractivity contribution in [1.82, 2.24) is 0 Å². The summed E-state index contributed by atoms with van der Waals surface area (Å²) < 4.78 is 37.0. The molecule has 0 radical (unpaired) electrons. The van der Waals surface area contributed by atoms with Crippen molar-refractivity contribution >= 4 is 15.8 Å². The van der Waals surface area contributed by atoms with Gasteiger partial charge in [0.1, 0.15) is 11.4 Å². The van der Waals surface area contributed by atoms with Crippen LogP contribution < -0.4 is 5.73 Å². The summed E-state index contributed by atoms with van der Waals surface area (Å²) >= 11 is 0. The van der Waals surface area contributed by atoms with Crippen LogP contribution in [0.25, 0.3) is 0 Å². The maximum atomic E-state index is 13.2. The maximum Gasteiger partial charge on any atom is 0.325 e. The molecule has 0 aliphatic heterocycles. The molecule has 0 heterocycles. The molecule has 1 aromatic rings. The Hall–Kier alpha value is -1.47. The highest BCUT2D eigenvalue weighted by Gasteiger charge is 2.73. The first kappa shape index (κ1) is 14.0. The number of nitrogens with two attached hydrogens (primary N) is 1. The molecular formula is C12H14FNO4S. The lowest BCUT2D eigenvalue weighted by atomic mass is 10.1. The van der Waals surface area contributed by atoms with Crippen molar-refractivity contribution in [2.24, 2.45) is 5.73 Å². The van der Waals surface area contributed by atoms with Crippen LogP contribution in [0.3, 0.4) is 0 Å². The minimum Gasteiger partial charge on any atom is -0.480 e. The zero-order chi connectivity index (χ0) is 14.4. The smallest absolute Gasteiger partial charge is 0.325 e. The molecule has 0 saturated heterocycles. The van der Waals surface area contributed by atoms with E-state index in [2.05, 4.69) is 0 Å². The summed E-state index contributed by atoms with van der Waals surface area (Å²) in [4.78, 5) is 11.2. The fourth-order valence-corrected chi connectivity index (χ4v) is 4.38. The second-order valence-corrected chi connectivity index (χ2v) is 7.05. The van der Waals surface area contributed by atoms with Crippen LogP contribution in [0.4, 0.5) is 4.39 Å². The molecule has 5 nitrogen and oxygen atoms in total.